The Kier molecular flexibility index (Phi) is 8.40. The van der Waals surface area contributed by atoms with Gasteiger partial charge in [0.2, 0.25) is 11.8 Å². The standard InChI is InChI=1S/C32H40N4O2/c1-35(2)16-6-15-33-31(37)28-18-29(32(38)34-30-14-13-25-9-5-10-27(25)19-30)22-36(21-28)20-23-11-12-24-7-3-4-8-26(24)17-23/h3-4,7-8,11-14,17,19,28-29H,5-6,9-10,15-16,18,20-22H2,1-2H3,(H,33,37)(H,34,38)/t28-,29+/m0/s1. The molecule has 38 heavy (non-hydrogen) atoms. The second-order valence-electron chi connectivity index (χ2n) is 11.3. The number of anilines is 1. The summed E-state index contributed by atoms with van der Waals surface area (Å²) in [5.74, 6) is -0.381. The van der Waals surface area contributed by atoms with Gasteiger partial charge in [0.25, 0.3) is 0 Å². The number of fused-ring (bicyclic) bond motifs is 2. The van der Waals surface area contributed by atoms with Crippen LogP contribution >= 0.6 is 0 Å². The Balaban J connectivity index is 1.28. The van der Waals surface area contributed by atoms with E-state index in [4.69, 9.17) is 0 Å². The lowest BCUT2D eigenvalue weighted by atomic mass is 9.87. The minimum atomic E-state index is -0.241. The van der Waals surface area contributed by atoms with E-state index in [1.54, 1.807) is 0 Å². The van der Waals surface area contributed by atoms with Crippen molar-refractivity contribution in [3.05, 3.63) is 77.4 Å². The van der Waals surface area contributed by atoms with Gasteiger partial charge in [0.1, 0.15) is 0 Å². The van der Waals surface area contributed by atoms with Gasteiger partial charge < -0.3 is 15.5 Å². The van der Waals surface area contributed by atoms with E-state index in [-0.39, 0.29) is 23.7 Å². The van der Waals surface area contributed by atoms with Crippen molar-refractivity contribution >= 4 is 28.3 Å². The number of amides is 2. The molecule has 1 saturated heterocycles. The van der Waals surface area contributed by atoms with Gasteiger partial charge in [0.05, 0.1) is 11.8 Å². The van der Waals surface area contributed by atoms with Crippen LogP contribution in [-0.4, -0.2) is 61.9 Å². The van der Waals surface area contributed by atoms with Crippen LogP contribution in [0.5, 0.6) is 0 Å². The lowest BCUT2D eigenvalue weighted by Gasteiger charge is -2.36. The van der Waals surface area contributed by atoms with Crippen LogP contribution in [0.2, 0.25) is 0 Å². The predicted molar refractivity (Wildman–Crippen MR) is 154 cm³/mol. The number of rotatable bonds is 9. The first-order valence-corrected chi connectivity index (χ1v) is 14.0. The molecular formula is C32H40N4O2. The van der Waals surface area contributed by atoms with Gasteiger partial charge in [0, 0.05) is 31.9 Å². The van der Waals surface area contributed by atoms with Crippen molar-refractivity contribution in [1.82, 2.24) is 15.1 Å². The number of nitrogens with zero attached hydrogens (tertiary/aromatic N) is 2. The third kappa shape index (κ3) is 6.61. The molecule has 0 unspecified atom stereocenters. The van der Waals surface area contributed by atoms with Gasteiger partial charge in [-0.05, 0) is 98.4 Å². The number of piperidine rings is 1. The van der Waals surface area contributed by atoms with Crippen molar-refractivity contribution in [3.8, 4) is 0 Å². The molecule has 1 aliphatic carbocycles. The fraction of sp³-hybridized carbons (Fsp3) is 0.438. The molecule has 3 aromatic rings. The van der Waals surface area contributed by atoms with Gasteiger partial charge in [0.15, 0.2) is 0 Å². The molecule has 6 heteroatoms. The largest absolute Gasteiger partial charge is 0.356 e. The molecule has 2 aliphatic rings. The smallest absolute Gasteiger partial charge is 0.228 e. The van der Waals surface area contributed by atoms with Crippen LogP contribution in [0.4, 0.5) is 5.69 Å². The Hall–Kier alpha value is -3.22. The quantitative estimate of drug-likeness (QED) is 0.415. The third-order valence-electron chi connectivity index (χ3n) is 7.94. The first-order valence-electron chi connectivity index (χ1n) is 14.0. The van der Waals surface area contributed by atoms with Crippen LogP contribution in [0.15, 0.2) is 60.7 Å². The summed E-state index contributed by atoms with van der Waals surface area (Å²) >= 11 is 0. The lowest BCUT2D eigenvalue weighted by molar-refractivity contribution is -0.130. The summed E-state index contributed by atoms with van der Waals surface area (Å²) in [7, 11) is 4.08. The van der Waals surface area contributed by atoms with Gasteiger partial charge >= 0.3 is 0 Å². The lowest BCUT2D eigenvalue weighted by Crippen LogP contribution is -2.49. The van der Waals surface area contributed by atoms with Crippen LogP contribution < -0.4 is 10.6 Å². The molecule has 0 spiro atoms. The van der Waals surface area contributed by atoms with Gasteiger partial charge in [-0.2, -0.15) is 0 Å². The molecule has 0 radical (unpaired) electrons. The number of aryl methyl sites for hydroxylation is 2. The zero-order chi connectivity index (χ0) is 26.5. The zero-order valence-electron chi connectivity index (χ0n) is 22.7. The number of hydrogen-bond donors (Lipinski definition) is 2. The maximum absolute atomic E-state index is 13.5. The van der Waals surface area contributed by atoms with E-state index < -0.39 is 0 Å². The first kappa shape index (κ1) is 26.4. The fourth-order valence-electron chi connectivity index (χ4n) is 5.94. The summed E-state index contributed by atoms with van der Waals surface area (Å²) in [6.45, 7) is 3.62. The monoisotopic (exact) mass is 512 g/mol. The highest BCUT2D eigenvalue weighted by atomic mass is 16.2. The topological polar surface area (TPSA) is 64.7 Å². The normalized spacial score (nSPS) is 19.4. The molecule has 1 heterocycles. The van der Waals surface area contributed by atoms with Crippen LogP contribution in [0.1, 0.15) is 36.0 Å². The summed E-state index contributed by atoms with van der Waals surface area (Å²) < 4.78 is 0. The molecule has 0 saturated carbocycles. The van der Waals surface area contributed by atoms with E-state index in [0.29, 0.717) is 26.1 Å². The highest BCUT2D eigenvalue weighted by Crippen LogP contribution is 2.28. The van der Waals surface area contributed by atoms with Crippen molar-refractivity contribution in [2.24, 2.45) is 11.8 Å². The average molecular weight is 513 g/mol. The molecule has 5 rings (SSSR count). The fourth-order valence-corrected chi connectivity index (χ4v) is 5.94. The number of hydrogen-bond acceptors (Lipinski definition) is 4. The second kappa shape index (κ2) is 12.1. The number of likely N-dealkylation sites (tertiary alicyclic amines) is 1. The molecule has 6 nitrogen and oxygen atoms in total. The van der Waals surface area contributed by atoms with Crippen LogP contribution in [0, 0.1) is 11.8 Å². The van der Waals surface area contributed by atoms with E-state index in [1.165, 1.54) is 33.9 Å². The minimum Gasteiger partial charge on any atom is -0.356 e. The van der Waals surface area contributed by atoms with Crippen molar-refractivity contribution in [2.75, 3.05) is 45.6 Å². The molecule has 2 N–H and O–H groups in total. The molecule has 0 bridgehead atoms. The summed E-state index contributed by atoms with van der Waals surface area (Å²) in [4.78, 5) is 31.1. The number of carbonyl (C=O) groups excluding carboxylic acids is 2. The van der Waals surface area contributed by atoms with Crippen molar-refractivity contribution in [2.45, 2.75) is 38.6 Å². The van der Waals surface area contributed by atoms with Crippen molar-refractivity contribution in [3.63, 3.8) is 0 Å². The van der Waals surface area contributed by atoms with Gasteiger partial charge in [-0.15, -0.1) is 0 Å². The second-order valence-corrected chi connectivity index (χ2v) is 11.3. The van der Waals surface area contributed by atoms with E-state index in [2.05, 4.69) is 75.0 Å². The number of nitrogens with one attached hydrogen (secondary N) is 2. The highest BCUT2D eigenvalue weighted by Gasteiger charge is 2.35. The molecule has 0 aromatic heterocycles. The maximum atomic E-state index is 13.5. The summed E-state index contributed by atoms with van der Waals surface area (Å²) in [6.07, 6.45) is 4.88. The molecule has 3 aromatic carbocycles. The third-order valence-corrected chi connectivity index (χ3v) is 7.94. The molecular weight excluding hydrogens is 472 g/mol. The van der Waals surface area contributed by atoms with E-state index in [1.807, 2.05) is 20.2 Å². The SMILES string of the molecule is CN(C)CCCNC(=O)[C@H]1C[C@@H](C(=O)Nc2ccc3c(c2)CCC3)CN(Cc2ccc3ccccc3c2)C1. The minimum absolute atomic E-state index is 0.0107. The average Bonchev–Trinajstić information content (AvgIpc) is 3.38. The Labute approximate surface area is 226 Å². The highest BCUT2D eigenvalue weighted by molar-refractivity contribution is 5.93. The summed E-state index contributed by atoms with van der Waals surface area (Å²) in [6, 6.07) is 21.2. The van der Waals surface area contributed by atoms with E-state index >= 15 is 0 Å². The number of carbonyl (C=O) groups is 2. The zero-order valence-corrected chi connectivity index (χ0v) is 22.7. The summed E-state index contributed by atoms with van der Waals surface area (Å²) in [5.41, 5.74) is 4.81. The molecule has 1 aliphatic heterocycles. The van der Waals surface area contributed by atoms with Crippen LogP contribution in [0.3, 0.4) is 0 Å². The molecule has 200 valence electrons. The first-order chi connectivity index (χ1) is 18.4. The molecule has 2 amide bonds. The van der Waals surface area contributed by atoms with Crippen molar-refractivity contribution in [1.29, 1.82) is 0 Å². The van der Waals surface area contributed by atoms with E-state index in [0.717, 1.165) is 38.0 Å². The van der Waals surface area contributed by atoms with Crippen molar-refractivity contribution < 1.29 is 9.59 Å². The Morgan fingerprint density at radius 3 is 2.47 bits per heavy atom. The van der Waals surface area contributed by atoms with Crippen LogP contribution in [-0.2, 0) is 29.0 Å². The van der Waals surface area contributed by atoms with Gasteiger partial charge in [-0.1, -0.05) is 42.5 Å². The Morgan fingerprint density at radius 2 is 1.66 bits per heavy atom. The van der Waals surface area contributed by atoms with E-state index in [9.17, 15) is 9.59 Å². The molecule has 2 atom stereocenters. The molecule has 1 fully saturated rings. The maximum Gasteiger partial charge on any atom is 0.228 e. The Bertz CT molecular complexity index is 1290. The van der Waals surface area contributed by atoms with Gasteiger partial charge in [-0.3, -0.25) is 14.5 Å². The predicted octanol–water partition coefficient (Wildman–Crippen LogP) is 4.47. The Morgan fingerprint density at radius 1 is 0.895 bits per heavy atom. The van der Waals surface area contributed by atoms with Crippen LogP contribution in [0.25, 0.3) is 10.8 Å². The summed E-state index contributed by atoms with van der Waals surface area (Å²) in [5, 5.41) is 8.73. The van der Waals surface area contributed by atoms with Gasteiger partial charge in [-0.25, -0.2) is 0 Å². The number of benzene rings is 3.